The lowest BCUT2D eigenvalue weighted by atomic mass is 10.1. The number of nitrogens with zero attached hydrogens (tertiary/aromatic N) is 1. The van der Waals surface area contributed by atoms with Gasteiger partial charge in [-0.1, -0.05) is 13.2 Å². The lowest BCUT2D eigenvalue weighted by molar-refractivity contribution is 0.505. The van der Waals surface area contributed by atoms with Crippen molar-refractivity contribution in [2.24, 2.45) is 0 Å². The van der Waals surface area contributed by atoms with Gasteiger partial charge in [-0.15, -0.1) is 0 Å². The van der Waals surface area contributed by atoms with Crippen molar-refractivity contribution in [1.29, 1.82) is 0 Å². The molecule has 9 heavy (non-hydrogen) atoms. The highest BCUT2D eigenvalue weighted by Crippen LogP contribution is 1.49. The van der Waals surface area contributed by atoms with Gasteiger partial charge in [-0.25, -0.2) is 0 Å². The summed E-state index contributed by atoms with van der Waals surface area (Å²) in [7, 11) is 10.8. The van der Waals surface area contributed by atoms with Gasteiger partial charge in [0, 0.05) is 0 Å². The maximum Gasteiger partial charge on any atom is 0.0649 e. The zero-order valence-corrected chi connectivity index (χ0v) is 6.73. The van der Waals surface area contributed by atoms with Crippen molar-refractivity contribution >= 4 is 7.85 Å². The second kappa shape index (κ2) is 24.6. The van der Waals surface area contributed by atoms with Gasteiger partial charge in [0.1, 0.15) is 0 Å². The van der Waals surface area contributed by atoms with Crippen LogP contribution in [0.3, 0.4) is 0 Å². The molecule has 0 atom stereocenters. The molecular weight excluding hydrogens is 117 g/mol. The van der Waals surface area contributed by atoms with Gasteiger partial charge in [0.05, 0.1) is 7.85 Å². The summed E-state index contributed by atoms with van der Waals surface area (Å²) in [5.41, 5.74) is 0. The van der Waals surface area contributed by atoms with Crippen molar-refractivity contribution in [1.82, 2.24) is 4.90 Å². The smallest absolute Gasteiger partial charge is 0.0649 e. The summed E-state index contributed by atoms with van der Waals surface area (Å²) in [5, 5.41) is 0. The molecule has 58 valence electrons. The summed E-state index contributed by atoms with van der Waals surface area (Å²) in [6.45, 7) is 1.90. The van der Waals surface area contributed by atoms with Gasteiger partial charge in [0.15, 0.2) is 0 Å². The average Bonchev–Trinajstić information content (AvgIpc) is 1.33. The van der Waals surface area contributed by atoms with Crippen LogP contribution < -0.4 is 0 Å². The van der Waals surface area contributed by atoms with Crippen molar-refractivity contribution < 1.29 is 11.0 Å². The zero-order chi connectivity index (χ0) is 6.28. The molecule has 4 heteroatoms. The number of hydrogen-bond acceptors (Lipinski definition) is 1. The Bertz CT molecular complexity index is 26.2. The maximum absolute atomic E-state index is 4.85. The van der Waals surface area contributed by atoms with Gasteiger partial charge in [0.2, 0.25) is 0 Å². The van der Waals surface area contributed by atoms with Crippen LogP contribution in [-0.4, -0.2) is 44.8 Å². The zero-order valence-electron chi connectivity index (χ0n) is 6.73. The van der Waals surface area contributed by atoms with Crippen LogP contribution >= 0.6 is 0 Å². The van der Waals surface area contributed by atoms with Crippen molar-refractivity contribution in [3.8, 4) is 0 Å². The van der Waals surface area contributed by atoms with E-state index in [9.17, 15) is 0 Å². The van der Waals surface area contributed by atoms with E-state index in [1.807, 2.05) is 33.0 Å². The van der Waals surface area contributed by atoms with Gasteiger partial charge >= 0.3 is 0 Å². The lowest BCUT2D eigenvalue weighted by Crippen LogP contribution is -1.99. The van der Waals surface area contributed by atoms with Gasteiger partial charge < -0.3 is 15.9 Å². The first-order valence-corrected chi connectivity index (χ1v) is 2.46. The fourth-order valence-electron chi connectivity index (χ4n) is 0. The molecule has 0 saturated heterocycles. The van der Waals surface area contributed by atoms with E-state index in [1.54, 1.807) is 0 Å². The summed E-state index contributed by atoms with van der Waals surface area (Å²) in [6.07, 6.45) is 0.750. The van der Waals surface area contributed by atoms with Crippen LogP contribution in [0.4, 0.5) is 0 Å². The van der Waals surface area contributed by atoms with E-state index in [0.29, 0.717) is 0 Å². The molecule has 0 aliphatic rings. The summed E-state index contributed by atoms with van der Waals surface area (Å²) >= 11 is 0. The van der Waals surface area contributed by atoms with Gasteiger partial charge in [0.25, 0.3) is 0 Å². The molecule has 3 nitrogen and oxygen atoms in total. The minimum absolute atomic E-state index is 0. The minimum Gasteiger partial charge on any atom is -0.412 e. The first-order valence-electron chi connectivity index (χ1n) is 2.46. The maximum atomic E-state index is 4.85. The van der Waals surface area contributed by atoms with Gasteiger partial charge in [-0.05, 0) is 21.1 Å². The third-order valence-corrected chi connectivity index (χ3v) is 0. The minimum atomic E-state index is 0. The lowest BCUT2D eigenvalue weighted by Gasteiger charge is -1.90. The van der Waals surface area contributed by atoms with Crippen LogP contribution in [0.2, 0.25) is 6.32 Å². The quantitative estimate of drug-likeness (QED) is 0.398. The highest BCUT2D eigenvalue weighted by molar-refractivity contribution is 6.08. The Labute approximate surface area is 59.1 Å². The Balaban J connectivity index is -0.0000000233. The Hall–Kier alpha value is -0.0551. The van der Waals surface area contributed by atoms with Crippen molar-refractivity contribution in [3.63, 3.8) is 0 Å². The molecule has 0 saturated carbocycles. The van der Waals surface area contributed by atoms with Crippen molar-refractivity contribution in [2.45, 2.75) is 13.2 Å². The largest absolute Gasteiger partial charge is 0.412 e. The van der Waals surface area contributed by atoms with E-state index in [-0.39, 0.29) is 11.0 Å². The van der Waals surface area contributed by atoms with Crippen LogP contribution in [0.15, 0.2) is 0 Å². The van der Waals surface area contributed by atoms with Crippen molar-refractivity contribution in [2.75, 3.05) is 21.1 Å². The van der Waals surface area contributed by atoms with E-state index in [4.69, 9.17) is 7.85 Å². The Morgan fingerprint density at radius 1 is 1.11 bits per heavy atom. The summed E-state index contributed by atoms with van der Waals surface area (Å²) < 4.78 is 0. The van der Waals surface area contributed by atoms with Crippen LogP contribution in [0.5, 0.6) is 0 Å². The Kier molecular flexibility index (Phi) is 63.2. The van der Waals surface area contributed by atoms with Crippen LogP contribution in [-0.2, 0) is 0 Å². The average molecular weight is 135 g/mol. The van der Waals surface area contributed by atoms with Crippen LogP contribution in [0.1, 0.15) is 6.92 Å². The molecular formula is C5H18BNO2. The molecule has 0 aliphatic heterocycles. The second-order valence-corrected chi connectivity index (χ2v) is 1.75. The molecule has 0 amide bonds. The second-order valence-electron chi connectivity index (χ2n) is 1.75. The number of rotatable bonds is 0. The molecule has 0 aromatic rings. The standard InChI is InChI=1S/C3H9N.C2H5B.2H2O/c1-4(2)3;1-2-3;;/h1-3H3;2H2,1H3;2*1H2. The third kappa shape index (κ3) is 92600. The van der Waals surface area contributed by atoms with E-state index in [2.05, 4.69) is 0 Å². The monoisotopic (exact) mass is 135 g/mol. The molecule has 0 spiro atoms. The molecule has 0 aromatic carbocycles. The fraction of sp³-hybridized carbons (Fsp3) is 1.00. The van der Waals surface area contributed by atoms with E-state index in [0.717, 1.165) is 6.32 Å². The normalized spacial score (nSPS) is 5.89. The van der Waals surface area contributed by atoms with E-state index in [1.165, 1.54) is 0 Å². The van der Waals surface area contributed by atoms with Crippen LogP contribution in [0, 0.1) is 0 Å². The highest BCUT2D eigenvalue weighted by atomic mass is 16.0. The van der Waals surface area contributed by atoms with Gasteiger partial charge in [-0.3, -0.25) is 0 Å². The summed E-state index contributed by atoms with van der Waals surface area (Å²) in [6, 6.07) is 0. The predicted octanol–water partition coefficient (Wildman–Crippen LogP) is -0.879. The summed E-state index contributed by atoms with van der Waals surface area (Å²) in [4.78, 5) is 2.00. The highest BCUT2D eigenvalue weighted by Gasteiger charge is 1.58. The first-order chi connectivity index (χ1) is 3.15. The molecule has 0 unspecified atom stereocenters. The molecule has 0 aromatic heterocycles. The summed E-state index contributed by atoms with van der Waals surface area (Å²) in [5.74, 6) is 0. The van der Waals surface area contributed by atoms with Crippen molar-refractivity contribution in [3.05, 3.63) is 0 Å². The Morgan fingerprint density at radius 3 is 1.11 bits per heavy atom. The topological polar surface area (TPSA) is 66.2 Å². The third-order valence-electron chi connectivity index (χ3n) is 0. The molecule has 0 heterocycles. The fourth-order valence-corrected chi connectivity index (χ4v) is 0. The number of hydrogen-bond donors (Lipinski definition) is 0. The van der Waals surface area contributed by atoms with E-state index < -0.39 is 0 Å². The molecule has 0 bridgehead atoms. The predicted molar refractivity (Wildman–Crippen MR) is 43.1 cm³/mol. The Morgan fingerprint density at radius 2 is 1.11 bits per heavy atom. The molecule has 4 N–H and O–H groups in total. The van der Waals surface area contributed by atoms with E-state index >= 15 is 0 Å². The molecule has 0 fully saturated rings. The SMILES string of the molecule is CN(C)C.O.O.[B]CC. The van der Waals surface area contributed by atoms with Gasteiger partial charge in [-0.2, -0.15) is 0 Å². The molecule has 2 radical (unpaired) electrons. The molecule has 0 aliphatic carbocycles. The molecule has 0 rings (SSSR count). The van der Waals surface area contributed by atoms with Crippen LogP contribution in [0.25, 0.3) is 0 Å². The first kappa shape index (κ1) is 23.1.